The Balaban J connectivity index is 2.52. The molecule has 0 unspecified atom stereocenters. The van der Waals surface area contributed by atoms with Gasteiger partial charge in [0.25, 0.3) is 0 Å². The Labute approximate surface area is 105 Å². The molecule has 3 nitrogen and oxygen atoms in total. The number of hydrogen-bond donors (Lipinski definition) is 3. The second kappa shape index (κ2) is 3.50. The summed E-state index contributed by atoms with van der Waals surface area (Å²) >= 11 is 0. The van der Waals surface area contributed by atoms with Crippen molar-refractivity contribution in [3.05, 3.63) is 42.0 Å². The Bertz CT molecular complexity index is 735. The zero-order valence-corrected chi connectivity index (χ0v) is 10.4. The molecule has 0 fully saturated rings. The van der Waals surface area contributed by atoms with Crippen molar-refractivity contribution in [2.24, 2.45) is 0 Å². The lowest BCUT2D eigenvalue weighted by Crippen LogP contribution is -2.16. The van der Waals surface area contributed by atoms with Gasteiger partial charge in [0.2, 0.25) is 0 Å². The van der Waals surface area contributed by atoms with Crippen LogP contribution < -0.4 is 0 Å². The molecule has 18 heavy (non-hydrogen) atoms. The second-order valence-electron chi connectivity index (χ2n) is 5.11. The third kappa shape index (κ3) is 1.48. The third-order valence-corrected chi connectivity index (χ3v) is 3.27. The number of H-pyrrole nitrogens is 1. The van der Waals surface area contributed by atoms with Crippen LogP contribution in [-0.2, 0) is 5.60 Å². The monoisotopic (exact) mass is 241 g/mol. The molecule has 0 aliphatic carbocycles. The second-order valence-corrected chi connectivity index (χ2v) is 5.11. The van der Waals surface area contributed by atoms with Gasteiger partial charge in [-0.1, -0.05) is 18.2 Å². The van der Waals surface area contributed by atoms with Crippen molar-refractivity contribution in [1.82, 2.24) is 4.98 Å². The standard InChI is InChI=1S/C15H15NO2/c1-15(2,18)13-12(17)8-7-10-9-5-3-4-6-11(9)16-14(10)13/h3-8,16-18H,1-2H3. The van der Waals surface area contributed by atoms with Crippen LogP contribution in [0, 0.1) is 0 Å². The Morgan fingerprint density at radius 1 is 1.00 bits per heavy atom. The number of hydrogen-bond acceptors (Lipinski definition) is 2. The summed E-state index contributed by atoms with van der Waals surface area (Å²) < 4.78 is 0. The molecule has 0 atom stereocenters. The van der Waals surface area contributed by atoms with E-state index in [1.165, 1.54) is 0 Å². The Hall–Kier alpha value is -2.00. The van der Waals surface area contributed by atoms with Crippen molar-refractivity contribution in [2.75, 3.05) is 0 Å². The number of para-hydroxylation sites is 1. The highest BCUT2D eigenvalue weighted by molar-refractivity contribution is 6.08. The number of aliphatic hydroxyl groups is 1. The third-order valence-electron chi connectivity index (χ3n) is 3.27. The van der Waals surface area contributed by atoms with Crippen LogP contribution in [0.1, 0.15) is 19.4 Å². The maximum absolute atomic E-state index is 10.2. The first-order valence-corrected chi connectivity index (χ1v) is 5.94. The van der Waals surface area contributed by atoms with Crippen molar-refractivity contribution in [1.29, 1.82) is 0 Å². The molecule has 0 bridgehead atoms. The van der Waals surface area contributed by atoms with Gasteiger partial charge in [-0.15, -0.1) is 0 Å². The lowest BCUT2D eigenvalue weighted by Gasteiger charge is -2.20. The highest BCUT2D eigenvalue weighted by Gasteiger charge is 2.24. The molecule has 0 amide bonds. The summed E-state index contributed by atoms with van der Waals surface area (Å²) in [6.07, 6.45) is 0. The summed E-state index contributed by atoms with van der Waals surface area (Å²) in [5, 5.41) is 22.3. The fourth-order valence-electron chi connectivity index (χ4n) is 2.53. The van der Waals surface area contributed by atoms with Gasteiger partial charge in [-0.2, -0.15) is 0 Å². The zero-order valence-electron chi connectivity index (χ0n) is 10.4. The molecular formula is C15H15NO2. The van der Waals surface area contributed by atoms with Crippen molar-refractivity contribution in [3.8, 4) is 5.75 Å². The number of benzene rings is 2. The number of fused-ring (bicyclic) bond motifs is 3. The number of nitrogens with one attached hydrogen (secondary N) is 1. The van der Waals surface area contributed by atoms with Gasteiger partial charge in [0.1, 0.15) is 5.75 Å². The van der Waals surface area contributed by atoms with E-state index < -0.39 is 5.60 Å². The van der Waals surface area contributed by atoms with Crippen molar-refractivity contribution in [2.45, 2.75) is 19.4 Å². The van der Waals surface area contributed by atoms with E-state index in [0.717, 1.165) is 21.8 Å². The summed E-state index contributed by atoms with van der Waals surface area (Å²) in [4.78, 5) is 3.27. The van der Waals surface area contributed by atoms with E-state index >= 15 is 0 Å². The van der Waals surface area contributed by atoms with Crippen LogP contribution in [0.5, 0.6) is 5.75 Å². The summed E-state index contributed by atoms with van der Waals surface area (Å²) in [6, 6.07) is 11.5. The molecule has 0 aliphatic heterocycles. The fourth-order valence-corrected chi connectivity index (χ4v) is 2.53. The molecule has 0 saturated heterocycles. The van der Waals surface area contributed by atoms with E-state index in [-0.39, 0.29) is 5.75 Å². The largest absolute Gasteiger partial charge is 0.507 e. The minimum atomic E-state index is -1.09. The Morgan fingerprint density at radius 2 is 1.72 bits per heavy atom. The van der Waals surface area contributed by atoms with Crippen LogP contribution in [0.15, 0.2) is 36.4 Å². The number of rotatable bonds is 1. The zero-order chi connectivity index (χ0) is 12.9. The molecular weight excluding hydrogens is 226 g/mol. The lowest BCUT2D eigenvalue weighted by molar-refractivity contribution is 0.0773. The average molecular weight is 241 g/mol. The van der Waals surface area contributed by atoms with Crippen molar-refractivity contribution < 1.29 is 10.2 Å². The first-order chi connectivity index (χ1) is 8.48. The maximum Gasteiger partial charge on any atom is 0.123 e. The van der Waals surface area contributed by atoms with Crippen LogP contribution >= 0.6 is 0 Å². The summed E-state index contributed by atoms with van der Waals surface area (Å²) in [6.45, 7) is 3.35. The molecule has 1 aromatic heterocycles. The van der Waals surface area contributed by atoms with E-state index in [1.54, 1.807) is 19.9 Å². The van der Waals surface area contributed by atoms with Crippen LogP contribution in [0.4, 0.5) is 0 Å². The average Bonchev–Trinajstić information content (AvgIpc) is 2.64. The van der Waals surface area contributed by atoms with Gasteiger partial charge in [-0.05, 0) is 32.0 Å². The molecule has 0 aliphatic rings. The Kier molecular flexibility index (Phi) is 2.16. The normalized spacial score (nSPS) is 12.4. The van der Waals surface area contributed by atoms with Crippen LogP contribution in [-0.4, -0.2) is 15.2 Å². The van der Waals surface area contributed by atoms with Gasteiger partial charge >= 0.3 is 0 Å². The molecule has 92 valence electrons. The smallest absolute Gasteiger partial charge is 0.123 e. The molecule has 0 saturated carbocycles. The van der Waals surface area contributed by atoms with Gasteiger partial charge < -0.3 is 15.2 Å². The molecule has 2 aromatic carbocycles. The lowest BCUT2D eigenvalue weighted by atomic mass is 9.94. The van der Waals surface area contributed by atoms with Gasteiger partial charge in [0, 0.05) is 21.9 Å². The van der Waals surface area contributed by atoms with Gasteiger partial charge in [0.05, 0.1) is 11.1 Å². The van der Waals surface area contributed by atoms with Crippen molar-refractivity contribution in [3.63, 3.8) is 0 Å². The molecule has 0 radical (unpaired) electrons. The summed E-state index contributed by atoms with van der Waals surface area (Å²) in [5.74, 6) is 0.113. The van der Waals surface area contributed by atoms with Crippen LogP contribution in [0.25, 0.3) is 21.8 Å². The topological polar surface area (TPSA) is 56.2 Å². The minimum absolute atomic E-state index is 0.113. The maximum atomic E-state index is 10.2. The molecule has 3 aromatic rings. The summed E-state index contributed by atoms with van der Waals surface area (Å²) in [7, 11) is 0. The number of phenolic OH excluding ortho intramolecular Hbond substituents is 1. The summed E-state index contributed by atoms with van der Waals surface area (Å²) in [5.41, 5.74) is 1.24. The van der Waals surface area contributed by atoms with E-state index in [2.05, 4.69) is 4.98 Å². The van der Waals surface area contributed by atoms with E-state index in [0.29, 0.717) is 5.56 Å². The highest BCUT2D eigenvalue weighted by Crippen LogP contribution is 2.37. The number of aromatic nitrogens is 1. The fraction of sp³-hybridized carbons (Fsp3) is 0.200. The molecule has 3 N–H and O–H groups in total. The quantitative estimate of drug-likeness (QED) is 0.612. The van der Waals surface area contributed by atoms with Gasteiger partial charge in [-0.3, -0.25) is 0 Å². The van der Waals surface area contributed by atoms with E-state index in [1.807, 2.05) is 30.3 Å². The van der Waals surface area contributed by atoms with Gasteiger partial charge in [-0.25, -0.2) is 0 Å². The van der Waals surface area contributed by atoms with Gasteiger partial charge in [0.15, 0.2) is 0 Å². The first-order valence-electron chi connectivity index (χ1n) is 5.94. The molecule has 3 heteroatoms. The SMILES string of the molecule is CC(C)(O)c1c(O)ccc2c1[nH]c1ccccc12. The molecule has 1 heterocycles. The number of aromatic hydroxyl groups is 1. The van der Waals surface area contributed by atoms with E-state index in [9.17, 15) is 10.2 Å². The minimum Gasteiger partial charge on any atom is -0.507 e. The number of aromatic amines is 1. The van der Waals surface area contributed by atoms with Crippen LogP contribution in [0.3, 0.4) is 0 Å². The number of phenols is 1. The van der Waals surface area contributed by atoms with E-state index in [4.69, 9.17) is 0 Å². The predicted molar refractivity (Wildman–Crippen MR) is 72.7 cm³/mol. The molecule has 0 spiro atoms. The van der Waals surface area contributed by atoms with Crippen LogP contribution in [0.2, 0.25) is 0 Å². The van der Waals surface area contributed by atoms with Crippen molar-refractivity contribution >= 4 is 21.8 Å². The Morgan fingerprint density at radius 3 is 2.44 bits per heavy atom. The first kappa shape index (κ1) is 11.1. The molecule has 3 rings (SSSR count). The highest BCUT2D eigenvalue weighted by atomic mass is 16.3. The predicted octanol–water partition coefficient (Wildman–Crippen LogP) is 3.25.